The predicted molar refractivity (Wildman–Crippen MR) is 82.6 cm³/mol. The molecule has 0 spiro atoms. The summed E-state index contributed by atoms with van der Waals surface area (Å²) in [7, 11) is 0. The number of nitrogens with one attached hydrogen (secondary N) is 1. The SMILES string of the molecule is CC(C)(C)c1nnc(CNCc2cccc(C(=O)O)c2)s1. The molecule has 5 nitrogen and oxygen atoms in total. The minimum Gasteiger partial charge on any atom is -0.478 e. The maximum atomic E-state index is 10.9. The number of carbonyl (C=O) groups is 1. The minimum atomic E-state index is -0.907. The summed E-state index contributed by atoms with van der Waals surface area (Å²) in [6.45, 7) is 7.57. The van der Waals surface area contributed by atoms with Crippen LogP contribution < -0.4 is 5.32 Å². The van der Waals surface area contributed by atoms with Crippen molar-refractivity contribution < 1.29 is 9.90 Å². The highest BCUT2D eigenvalue weighted by Crippen LogP contribution is 2.25. The van der Waals surface area contributed by atoms with Gasteiger partial charge in [-0.1, -0.05) is 44.2 Å². The molecule has 0 aliphatic rings. The highest BCUT2D eigenvalue weighted by Gasteiger charge is 2.19. The average Bonchev–Trinajstić information content (AvgIpc) is 2.88. The number of nitrogens with zero attached hydrogens (tertiary/aromatic N) is 2. The molecule has 0 atom stereocenters. The summed E-state index contributed by atoms with van der Waals surface area (Å²) in [4.78, 5) is 10.9. The zero-order valence-electron chi connectivity index (χ0n) is 12.4. The second-order valence-corrected chi connectivity index (χ2v) is 6.92. The van der Waals surface area contributed by atoms with E-state index < -0.39 is 5.97 Å². The molecule has 0 unspecified atom stereocenters. The largest absolute Gasteiger partial charge is 0.478 e. The molecule has 1 aromatic carbocycles. The summed E-state index contributed by atoms with van der Waals surface area (Å²) in [6, 6.07) is 6.92. The smallest absolute Gasteiger partial charge is 0.335 e. The first-order valence-corrected chi connectivity index (χ1v) is 7.54. The van der Waals surface area contributed by atoms with Crippen molar-refractivity contribution in [3.05, 3.63) is 45.4 Å². The number of hydrogen-bond acceptors (Lipinski definition) is 5. The van der Waals surface area contributed by atoms with Crippen LogP contribution in [0, 0.1) is 0 Å². The Morgan fingerprint density at radius 2 is 2.05 bits per heavy atom. The highest BCUT2D eigenvalue weighted by atomic mass is 32.1. The van der Waals surface area contributed by atoms with Gasteiger partial charge in [0.1, 0.15) is 10.0 Å². The lowest BCUT2D eigenvalue weighted by Crippen LogP contribution is -2.13. The zero-order chi connectivity index (χ0) is 15.5. The van der Waals surface area contributed by atoms with Crippen molar-refractivity contribution in [3.63, 3.8) is 0 Å². The van der Waals surface area contributed by atoms with Gasteiger partial charge < -0.3 is 10.4 Å². The van der Waals surface area contributed by atoms with E-state index in [4.69, 9.17) is 5.11 Å². The number of benzene rings is 1. The van der Waals surface area contributed by atoms with Gasteiger partial charge in [-0.15, -0.1) is 10.2 Å². The summed E-state index contributed by atoms with van der Waals surface area (Å²) in [6.07, 6.45) is 0. The number of carboxylic acids is 1. The van der Waals surface area contributed by atoms with Crippen LogP contribution in [-0.2, 0) is 18.5 Å². The summed E-state index contributed by atoms with van der Waals surface area (Å²) in [5, 5.41) is 22.6. The first-order chi connectivity index (χ1) is 9.86. The lowest BCUT2D eigenvalue weighted by Gasteiger charge is -2.12. The van der Waals surface area contributed by atoms with Crippen LogP contribution in [0.25, 0.3) is 0 Å². The van der Waals surface area contributed by atoms with Crippen LogP contribution in [0.1, 0.15) is 46.7 Å². The van der Waals surface area contributed by atoms with Crippen LogP contribution in [-0.4, -0.2) is 21.3 Å². The molecule has 0 radical (unpaired) electrons. The third-order valence-corrected chi connectivity index (χ3v) is 4.24. The second-order valence-electron chi connectivity index (χ2n) is 5.86. The lowest BCUT2D eigenvalue weighted by molar-refractivity contribution is 0.0696. The van der Waals surface area contributed by atoms with Crippen LogP contribution in [0.3, 0.4) is 0 Å². The van der Waals surface area contributed by atoms with Crippen LogP contribution in [0.15, 0.2) is 24.3 Å². The van der Waals surface area contributed by atoms with E-state index in [1.165, 1.54) is 0 Å². The van der Waals surface area contributed by atoms with Crippen LogP contribution in [0.5, 0.6) is 0 Å². The van der Waals surface area contributed by atoms with E-state index in [1.807, 2.05) is 6.07 Å². The molecule has 0 saturated carbocycles. The van der Waals surface area contributed by atoms with Gasteiger partial charge in [-0.05, 0) is 17.7 Å². The minimum absolute atomic E-state index is 0.0196. The van der Waals surface area contributed by atoms with Crippen LogP contribution in [0.2, 0.25) is 0 Å². The van der Waals surface area contributed by atoms with E-state index in [2.05, 4.69) is 36.3 Å². The van der Waals surface area contributed by atoms with Crippen molar-refractivity contribution in [2.24, 2.45) is 0 Å². The van der Waals surface area contributed by atoms with Gasteiger partial charge in [-0.2, -0.15) is 0 Å². The highest BCUT2D eigenvalue weighted by molar-refractivity contribution is 7.11. The molecule has 0 bridgehead atoms. The van der Waals surface area contributed by atoms with Crippen molar-refractivity contribution in [2.45, 2.75) is 39.3 Å². The molecule has 21 heavy (non-hydrogen) atoms. The third-order valence-electron chi connectivity index (χ3n) is 2.89. The summed E-state index contributed by atoms with van der Waals surface area (Å²) < 4.78 is 0. The molecule has 2 rings (SSSR count). The van der Waals surface area contributed by atoms with Gasteiger partial charge in [-0.3, -0.25) is 0 Å². The van der Waals surface area contributed by atoms with E-state index in [1.54, 1.807) is 29.5 Å². The Kier molecular flexibility index (Phi) is 4.69. The second kappa shape index (κ2) is 6.32. The predicted octanol–water partition coefficient (Wildman–Crippen LogP) is 2.82. The zero-order valence-corrected chi connectivity index (χ0v) is 13.2. The average molecular weight is 305 g/mol. The molecular formula is C15H19N3O2S. The summed E-state index contributed by atoms with van der Waals surface area (Å²) in [5.41, 5.74) is 1.27. The molecular weight excluding hydrogens is 286 g/mol. The van der Waals surface area contributed by atoms with Gasteiger partial charge in [0.25, 0.3) is 0 Å². The molecule has 0 amide bonds. The Morgan fingerprint density at radius 1 is 1.29 bits per heavy atom. The van der Waals surface area contributed by atoms with Gasteiger partial charge in [0, 0.05) is 18.5 Å². The van der Waals surface area contributed by atoms with E-state index in [0.29, 0.717) is 18.7 Å². The van der Waals surface area contributed by atoms with Gasteiger partial charge in [-0.25, -0.2) is 4.79 Å². The molecule has 1 heterocycles. The normalized spacial score (nSPS) is 11.6. The van der Waals surface area contributed by atoms with Crippen molar-refractivity contribution in [1.29, 1.82) is 0 Å². The fourth-order valence-electron chi connectivity index (χ4n) is 1.76. The Bertz CT molecular complexity index is 632. The van der Waals surface area contributed by atoms with Crippen molar-refractivity contribution >= 4 is 17.3 Å². The number of carboxylic acid groups (broad SMARTS) is 1. The number of rotatable bonds is 5. The van der Waals surface area contributed by atoms with E-state index >= 15 is 0 Å². The Balaban J connectivity index is 1.91. The maximum absolute atomic E-state index is 10.9. The maximum Gasteiger partial charge on any atom is 0.335 e. The number of aromatic nitrogens is 2. The molecule has 0 saturated heterocycles. The standard InChI is InChI=1S/C15H19N3O2S/c1-15(2,3)14-18-17-12(21-14)9-16-8-10-5-4-6-11(7-10)13(19)20/h4-7,16H,8-9H2,1-3H3,(H,19,20). The fourth-order valence-corrected chi connectivity index (χ4v) is 2.62. The van der Waals surface area contributed by atoms with Crippen molar-refractivity contribution in [3.8, 4) is 0 Å². The number of hydrogen-bond donors (Lipinski definition) is 2. The molecule has 1 aromatic heterocycles. The first kappa shape index (κ1) is 15.6. The van der Waals surface area contributed by atoms with Crippen LogP contribution >= 0.6 is 11.3 Å². The number of aromatic carboxylic acids is 1. The lowest BCUT2D eigenvalue weighted by atomic mass is 9.98. The molecule has 2 N–H and O–H groups in total. The Morgan fingerprint density at radius 3 is 2.67 bits per heavy atom. The third kappa shape index (κ3) is 4.34. The van der Waals surface area contributed by atoms with E-state index in [0.717, 1.165) is 15.6 Å². The Labute approximate surface area is 128 Å². The van der Waals surface area contributed by atoms with Crippen molar-refractivity contribution in [1.82, 2.24) is 15.5 Å². The Hall–Kier alpha value is -1.79. The van der Waals surface area contributed by atoms with E-state index in [9.17, 15) is 4.79 Å². The summed E-state index contributed by atoms with van der Waals surface area (Å²) in [5.74, 6) is -0.907. The first-order valence-electron chi connectivity index (χ1n) is 6.72. The van der Waals surface area contributed by atoms with Crippen LogP contribution in [0.4, 0.5) is 0 Å². The quantitative estimate of drug-likeness (QED) is 0.888. The van der Waals surface area contributed by atoms with Gasteiger partial charge in [0.15, 0.2) is 0 Å². The van der Waals surface area contributed by atoms with Gasteiger partial charge in [0.05, 0.1) is 5.56 Å². The molecule has 112 valence electrons. The molecule has 2 aromatic rings. The topological polar surface area (TPSA) is 75.1 Å². The molecule has 0 aliphatic heterocycles. The monoisotopic (exact) mass is 305 g/mol. The van der Waals surface area contributed by atoms with Gasteiger partial charge in [0.2, 0.25) is 0 Å². The van der Waals surface area contributed by atoms with Gasteiger partial charge >= 0.3 is 5.97 Å². The van der Waals surface area contributed by atoms with E-state index in [-0.39, 0.29) is 5.41 Å². The molecule has 0 aliphatic carbocycles. The molecule has 6 heteroatoms. The molecule has 0 fully saturated rings. The summed E-state index contributed by atoms with van der Waals surface area (Å²) >= 11 is 1.60. The van der Waals surface area contributed by atoms with Crippen molar-refractivity contribution in [2.75, 3.05) is 0 Å². The fraction of sp³-hybridized carbons (Fsp3) is 0.400.